The zero-order valence-corrected chi connectivity index (χ0v) is 10.9. The fraction of sp³-hybridized carbons (Fsp3) is 0.200. The number of rotatable bonds is 4. The second-order valence-corrected chi connectivity index (χ2v) is 4.29. The number of benzene rings is 1. The number of aliphatic carboxylic acids is 1. The van der Waals surface area contributed by atoms with Crippen LogP contribution in [0.15, 0.2) is 16.6 Å². The third-order valence-electron chi connectivity index (χ3n) is 2.00. The first-order chi connectivity index (χ1) is 8.81. The van der Waals surface area contributed by atoms with Gasteiger partial charge in [-0.05, 0) is 22.0 Å². The van der Waals surface area contributed by atoms with Crippen molar-refractivity contribution in [1.29, 1.82) is 0 Å². The predicted molar refractivity (Wildman–Crippen MR) is 64.7 cm³/mol. The maximum absolute atomic E-state index is 13.3. The molecule has 0 saturated carbocycles. The van der Waals surface area contributed by atoms with Crippen LogP contribution in [-0.4, -0.2) is 34.9 Å². The Balaban J connectivity index is 2.62. The molecule has 0 aromatic heterocycles. The first-order valence-electron chi connectivity index (χ1n) is 4.91. The largest absolute Gasteiger partial charge is 0.479 e. The highest BCUT2D eigenvalue weighted by Crippen LogP contribution is 2.23. The Hall–Kier alpha value is -1.74. The van der Waals surface area contributed by atoms with Gasteiger partial charge in [-0.2, -0.15) is 0 Å². The van der Waals surface area contributed by atoms with Gasteiger partial charge in [-0.25, -0.2) is 18.4 Å². The van der Waals surface area contributed by atoms with Crippen molar-refractivity contribution < 1.29 is 28.6 Å². The summed E-state index contributed by atoms with van der Waals surface area (Å²) < 4.78 is 26.4. The van der Waals surface area contributed by atoms with E-state index >= 15 is 0 Å². The van der Waals surface area contributed by atoms with Gasteiger partial charge in [-0.15, -0.1) is 0 Å². The minimum absolute atomic E-state index is 0.0998. The van der Waals surface area contributed by atoms with E-state index in [1.165, 1.54) is 0 Å². The molecule has 1 unspecified atom stereocenters. The molecule has 2 amide bonds. The van der Waals surface area contributed by atoms with E-state index in [-0.39, 0.29) is 4.47 Å². The molecule has 0 fully saturated rings. The summed E-state index contributed by atoms with van der Waals surface area (Å²) in [5, 5.41) is 21.2. The summed E-state index contributed by atoms with van der Waals surface area (Å²) >= 11 is 2.77. The topological polar surface area (TPSA) is 98.7 Å². The third-order valence-corrected chi connectivity index (χ3v) is 2.61. The highest BCUT2D eigenvalue weighted by Gasteiger charge is 2.15. The van der Waals surface area contributed by atoms with Gasteiger partial charge in [0.25, 0.3) is 0 Å². The van der Waals surface area contributed by atoms with Crippen molar-refractivity contribution in [3.63, 3.8) is 0 Å². The van der Waals surface area contributed by atoms with E-state index in [0.717, 1.165) is 12.1 Å². The average Bonchev–Trinajstić information content (AvgIpc) is 2.32. The average molecular weight is 339 g/mol. The molecule has 1 aromatic rings. The van der Waals surface area contributed by atoms with E-state index < -0.39 is 42.0 Å². The SMILES string of the molecule is O=C(NCC(O)C(=O)O)Nc1cc(F)c(Br)cc1F. The highest BCUT2D eigenvalue weighted by atomic mass is 79.9. The van der Waals surface area contributed by atoms with Crippen LogP contribution in [0.25, 0.3) is 0 Å². The smallest absolute Gasteiger partial charge is 0.334 e. The van der Waals surface area contributed by atoms with Crippen molar-refractivity contribution in [2.24, 2.45) is 0 Å². The van der Waals surface area contributed by atoms with Gasteiger partial charge in [0.1, 0.15) is 11.6 Å². The van der Waals surface area contributed by atoms with Gasteiger partial charge in [0.2, 0.25) is 0 Å². The maximum Gasteiger partial charge on any atom is 0.334 e. The summed E-state index contributed by atoms with van der Waals surface area (Å²) in [6.45, 7) is -0.568. The number of halogens is 3. The molecule has 0 aliphatic carbocycles. The highest BCUT2D eigenvalue weighted by molar-refractivity contribution is 9.10. The molecule has 0 aliphatic rings. The molecule has 0 spiro atoms. The summed E-state index contributed by atoms with van der Waals surface area (Å²) in [6, 6.07) is 0.616. The van der Waals surface area contributed by atoms with Crippen molar-refractivity contribution in [1.82, 2.24) is 5.32 Å². The van der Waals surface area contributed by atoms with Crippen LogP contribution in [0.3, 0.4) is 0 Å². The number of hydrogen-bond donors (Lipinski definition) is 4. The van der Waals surface area contributed by atoms with Gasteiger partial charge >= 0.3 is 12.0 Å². The van der Waals surface area contributed by atoms with Crippen LogP contribution in [0.5, 0.6) is 0 Å². The van der Waals surface area contributed by atoms with E-state index in [4.69, 9.17) is 10.2 Å². The van der Waals surface area contributed by atoms with Crippen molar-refractivity contribution in [3.05, 3.63) is 28.2 Å². The molecule has 0 radical (unpaired) electrons. The zero-order chi connectivity index (χ0) is 14.6. The Labute approximate surface area is 114 Å². The van der Waals surface area contributed by atoms with E-state index in [9.17, 15) is 18.4 Å². The van der Waals surface area contributed by atoms with Crippen molar-refractivity contribution >= 4 is 33.6 Å². The first-order valence-corrected chi connectivity index (χ1v) is 5.71. The zero-order valence-electron chi connectivity index (χ0n) is 9.28. The van der Waals surface area contributed by atoms with E-state index in [1.54, 1.807) is 0 Å². The van der Waals surface area contributed by atoms with Gasteiger partial charge in [-0.3, -0.25) is 0 Å². The number of aliphatic hydroxyl groups is 1. The Morgan fingerprint density at radius 3 is 2.53 bits per heavy atom. The lowest BCUT2D eigenvalue weighted by Gasteiger charge is -2.10. The van der Waals surface area contributed by atoms with E-state index in [1.807, 2.05) is 10.6 Å². The van der Waals surface area contributed by atoms with E-state index in [2.05, 4.69) is 15.9 Å². The summed E-state index contributed by atoms with van der Waals surface area (Å²) in [7, 11) is 0. The number of anilines is 1. The normalized spacial score (nSPS) is 11.8. The first kappa shape index (κ1) is 15.3. The standard InChI is InChI=1S/C10H9BrF2N2O4/c11-4-1-6(13)7(2-5(4)12)15-10(19)14-3-8(16)9(17)18/h1-2,8,16H,3H2,(H,17,18)(H2,14,15,19). The summed E-state index contributed by atoms with van der Waals surface area (Å²) in [5.41, 5.74) is -0.414. The van der Waals surface area contributed by atoms with Crippen molar-refractivity contribution in [3.8, 4) is 0 Å². The number of carboxylic acids is 1. The van der Waals surface area contributed by atoms with Crippen LogP contribution in [0.4, 0.5) is 19.3 Å². The molecular formula is C10H9BrF2N2O4. The Morgan fingerprint density at radius 1 is 1.32 bits per heavy atom. The predicted octanol–water partition coefficient (Wildman–Crippen LogP) is 1.29. The van der Waals surface area contributed by atoms with Crippen LogP contribution >= 0.6 is 15.9 Å². The third kappa shape index (κ3) is 4.45. The van der Waals surface area contributed by atoms with Crippen LogP contribution in [-0.2, 0) is 4.79 Å². The second kappa shape index (κ2) is 6.43. The Morgan fingerprint density at radius 2 is 1.95 bits per heavy atom. The molecule has 104 valence electrons. The molecule has 1 atom stereocenters. The van der Waals surface area contributed by atoms with Gasteiger partial charge in [-0.1, -0.05) is 0 Å². The molecular weight excluding hydrogens is 330 g/mol. The van der Waals surface area contributed by atoms with Gasteiger partial charge < -0.3 is 20.8 Å². The quantitative estimate of drug-likeness (QED) is 0.622. The number of carbonyl (C=O) groups is 2. The van der Waals surface area contributed by atoms with Gasteiger partial charge in [0.05, 0.1) is 16.7 Å². The van der Waals surface area contributed by atoms with Crippen molar-refractivity contribution in [2.45, 2.75) is 6.10 Å². The Bertz CT molecular complexity index is 513. The molecule has 0 saturated heterocycles. The van der Waals surface area contributed by atoms with Crippen LogP contribution in [0.2, 0.25) is 0 Å². The molecule has 4 N–H and O–H groups in total. The molecule has 19 heavy (non-hydrogen) atoms. The monoisotopic (exact) mass is 338 g/mol. The van der Waals surface area contributed by atoms with Crippen LogP contribution in [0.1, 0.15) is 0 Å². The van der Waals surface area contributed by atoms with Gasteiger partial charge in [0, 0.05) is 6.07 Å². The summed E-state index contributed by atoms with van der Waals surface area (Å²) in [4.78, 5) is 21.5. The number of nitrogens with one attached hydrogen (secondary N) is 2. The fourth-order valence-corrected chi connectivity index (χ4v) is 1.38. The van der Waals surface area contributed by atoms with Crippen molar-refractivity contribution in [2.75, 3.05) is 11.9 Å². The molecule has 6 nitrogen and oxygen atoms in total. The number of aliphatic hydroxyl groups excluding tert-OH is 1. The lowest BCUT2D eigenvalue weighted by Crippen LogP contribution is -2.38. The molecule has 0 aliphatic heterocycles. The minimum Gasteiger partial charge on any atom is -0.479 e. The summed E-state index contributed by atoms with van der Waals surface area (Å²) in [6.07, 6.45) is -1.78. The number of urea groups is 1. The summed E-state index contributed by atoms with van der Waals surface area (Å²) in [5.74, 6) is -3.16. The molecule has 9 heteroatoms. The van der Waals surface area contributed by atoms with Crippen LogP contribution in [0, 0.1) is 11.6 Å². The number of carboxylic acid groups (broad SMARTS) is 1. The Kier molecular flexibility index (Phi) is 5.19. The lowest BCUT2D eigenvalue weighted by atomic mass is 10.3. The number of amides is 2. The molecule has 1 aromatic carbocycles. The minimum atomic E-state index is -1.78. The fourth-order valence-electron chi connectivity index (χ4n) is 1.06. The van der Waals surface area contributed by atoms with Crippen LogP contribution < -0.4 is 10.6 Å². The number of hydrogen-bond acceptors (Lipinski definition) is 3. The molecule has 1 rings (SSSR count). The second-order valence-electron chi connectivity index (χ2n) is 3.44. The molecule has 0 heterocycles. The maximum atomic E-state index is 13.3. The van der Waals surface area contributed by atoms with E-state index in [0.29, 0.717) is 0 Å². The number of carbonyl (C=O) groups excluding carboxylic acids is 1. The molecule has 0 bridgehead atoms. The van der Waals surface area contributed by atoms with Gasteiger partial charge in [0.15, 0.2) is 6.10 Å². The lowest BCUT2D eigenvalue weighted by molar-refractivity contribution is -0.146.